The van der Waals surface area contributed by atoms with Crippen LogP contribution in [0.3, 0.4) is 0 Å². The zero-order valence-corrected chi connectivity index (χ0v) is 7.90. The van der Waals surface area contributed by atoms with Crippen LogP contribution in [-0.2, 0) is 17.9 Å². The van der Waals surface area contributed by atoms with Gasteiger partial charge in [0.15, 0.2) is 5.82 Å². The van der Waals surface area contributed by atoms with Crippen molar-refractivity contribution >= 4 is 5.91 Å². The van der Waals surface area contributed by atoms with Gasteiger partial charge in [-0.25, -0.2) is 0 Å². The predicted molar refractivity (Wildman–Crippen MR) is 47.8 cm³/mol. The molecule has 0 aromatic carbocycles. The molecule has 0 saturated carbocycles. The van der Waals surface area contributed by atoms with Gasteiger partial charge in [0, 0.05) is 6.54 Å². The van der Waals surface area contributed by atoms with E-state index in [2.05, 4.69) is 15.5 Å². The quantitative estimate of drug-likeness (QED) is 0.719. The van der Waals surface area contributed by atoms with Gasteiger partial charge in [-0.05, 0) is 6.92 Å². The standard InChI is InChI=1S/C8H11N5O/c1-2-13-6-11-12-7(13)5-10-8(14)3-4-9/h6H,2-3,5H2,1H3,(H,10,14). The van der Waals surface area contributed by atoms with Crippen LogP contribution in [0.1, 0.15) is 19.2 Å². The second-order valence-electron chi connectivity index (χ2n) is 2.64. The Balaban J connectivity index is 2.46. The summed E-state index contributed by atoms with van der Waals surface area (Å²) < 4.78 is 1.83. The van der Waals surface area contributed by atoms with Crippen LogP contribution in [0.25, 0.3) is 0 Å². The molecule has 1 N–H and O–H groups in total. The third-order valence-corrected chi connectivity index (χ3v) is 1.72. The van der Waals surface area contributed by atoms with Gasteiger partial charge in [0.25, 0.3) is 0 Å². The second kappa shape index (κ2) is 4.97. The molecule has 6 nitrogen and oxygen atoms in total. The Hall–Kier alpha value is -1.90. The minimum atomic E-state index is -0.293. The van der Waals surface area contributed by atoms with Crippen molar-refractivity contribution in [1.82, 2.24) is 20.1 Å². The normalized spacial score (nSPS) is 9.43. The zero-order chi connectivity index (χ0) is 10.4. The van der Waals surface area contributed by atoms with E-state index in [0.29, 0.717) is 12.4 Å². The third-order valence-electron chi connectivity index (χ3n) is 1.72. The van der Waals surface area contributed by atoms with Crippen molar-refractivity contribution in [2.24, 2.45) is 0 Å². The number of nitrogens with zero attached hydrogens (tertiary/aromatic N) is 4. The van der Waals surface area contributed by atoms with Crippen LogP contribution in [-0.4, -0.2) is 20.7 Å². The number of amides is 1. The summed E-state index contributed by atoms with van der Waals surface area (Å²) >= 11 is 0. The van der Waals surface area contributed by atoms with Gasteiger partial charge in [0.05, 0.1) is 12.6 Å². The molecule has 1 rings (SSSR count). The Morgan fingerprint density at radius 3 is 3.21 bits per heavy atom. The lowest BCUT2D eigenvalue weighted by Gasteiger charge is -2.03. The number of rotatable bonds is 4. The van der Waals surface area contributed by atoms with Crippen LogP contribution in [0.15, 0.2) is 6.33 Å². The number of carbonyl (C=O) groups excluding carboxylic acids is 1. The lowest BCUT2D eigenvalue weighted by atomic mass is 10.4. The number of hydrogen-bond donors (Lipinski definition) is 1. The maximum Gasteiger partial charge on any atom is 0.234 e. The summed E-state index contributed by atoms with van der Waals surface area (Å²) in [7, 11) is 0. The molecule has 0 bridgehead atoms. The van der Waals surface area contributed by atoms with Gasteiger partial charge in [-0.3, -0.25) is 4.79 Å². The fourth-order valence-corrected chi connectivity index (χ4v) is 0.992. The smallest absolute Gasteiger partial charge is 0.234 e. The predicted octanol–water partition coefficient (Wildman–Crippen LogP) is -0.172. The average molecular weight is 193 g/mol. The van der Waals surface area contributed by atoms with Crippen molar-refractivity contribution < 1.29 is 4.79 Å². The van der Waals surface area contributed by atoms with Crippen LogP contribution in [0.2, 0.25) is 0 Å². The monoisotopic (exact) mass is 193 g/mol. The van der Waals surface area contributed by atoms with E-state index in [9.17, 15) is 4.79 Å². The fourth-order valence-electron chi connectivity index (χ4n) is 0.992. The van der Waals surface area contributed by atoms with Crippen molar-refractivity contribution in [3.05, 3.63) is 12.2 Å². The maximum absolute atomic E-state index is 10.9. The Kier molecular flexibility index (Phi) is 3.61. The molecule has 1 heterocycles. The first-order valence-electron chi connectivity index (χ1n) is 4.28. The molecular weight excluding hydrogens is 182 g/mol. The highest BCUT2D eigenvalue weighted by Gasteiger charge is 2.04. The van der Waals surface area contributed by atoms with Gasteiger partial charge in [0.1, 0.15) is 12.7 Å². The number of aromatic nitrogens is 3. The Bertz CT molecular complexity index is 351. The molecule has 6 heteroatoms. The molecule has 0 atom stereocenters. The summed E-state index contributed by atoms with van der Waals surface area (Å²) in [5.41, 5.74) is 0. The molecule has 0 aliphatic carbocycles. The Morgan fingerprint density at radius 1 is 1.79 bits per heavy atom. The third kappa shape index (κ3) is 2.55. The highest BCUT2D eigenvalue weighted by Crippen LogP contribution is 1.93. The molecule has 1 aromatic rings. The van der Waals surface area contributed by atoms with Crippen LogP contribution in [0.5, 0.6) is 0 Å². The molecule has 74 valence electrons. The van der Waals surface area contributed by atoms with Gasteiger partial charge in [-0.1, -0.05) is 0 Å². The second-order valence-corrected chi connectivity index (χ2v) is 2.64. The van der Waals surface area contributed by atoms with E-state index in [4.69, 9.17) is 5.26 Å². The summed E-state index contributed by atoms with van der Waals surface area (Å²) in [6.45, 7) is 3.04. The molecule has 0 spiro atoms. The molecule has 1 aromatic heterocycles. The number of aryl methyl sites for hydroxylation is 1. The lowest BCUT2D eigenvalue weighted by Crippen LogP contribution is -2.23. The topological polar surface area (TPSA) is 83.6 Å². The van der Waals surface area contributed by atoms with Crippen molar-refractivity contribution in [2.75, 3.05) is 0 Å². The summed E-state index contributed by atoms with van der Waals surface area (Å²) in [6, 6.07) is 1.77. The number of hydrogen-bond acceptors (Lipinski definition) is 4. The van der Waals surface area contributed by atoms with Crippen molar-refractivity contribution in [1.29, 1.82) is 5.26 Å². The number of carbonyl (C=O) groups is 1. The highest BCUT2D eigenvalue weighted by molar-refractivity contribution is 5.77. The Morgan fingerprint density at radius 2 is 2.57 bits per heavy atom. The first kappa shape index (κ1) is 10.2. The van der Waals surface area contributed by atoms with E-state index < -0.39 is 0 Å². The van der Waals surface area contributed by atoms with E-state index in [1.54, 1.807) is 12.4 Å². The van der Waals surface area contributed by atoms with Gasteiger partial charge in [0.2, 0.25) is 5.91 Å². The summed E-state index contributed by atoms with van der Waals surface area (Å²) in [5.74, 6) is 0.400. The van der Waals surface area contributed by atoms with Gasteiger partial charge in [-0.2, -0.15) is 5.26 Å². The van der Waals surface area contributed by atoms with Gasteiger partial charge in [-0.15, -0.1) is 10.2 Å². The summed E-state index contributed by atoms with van der Waals surface area (Å²) in [5, 5.41) is 18.4. The fraction of sp³-hybridized carbons (Fsp3) is 0.500. The van der Waals surface area contributed by atoms with Crippen LogP contribution < -0.4 is 5.32 Å². The summed E-state index contributed by atoms with van der Waals surface area (Å²) in [6.07, 6.45) is 1.48. The van der Waals surface area contributed by atoms with E-state index in [0.717, 1.165) is 6.54 Å². The van der Waals surface area contributed by atoms with E-state index in [1.165, 1.54) is 0 Å². The van der Waals surface area contributed by atoms with Crippen LogP contribution >= 0.6 is 0 Å². The molecular formula is C8H11N5O. The minimum absolute atomic E-state index is 0.125. The molecule has 0 unspecified atom stereocenters. The van der Waals surface area contributed by atoms with E-state index in [-0.39, 0.29) is 12.3 Å². The highest BCUT2D eigenvalue weighted by atomic mass is 16.1. The van der Waals surface area contributed by atoms with Gasteiger partial charge < -0.3 is 9.88 Å². The van der Waals surface area contributed by atoms with Gasteiger partial charge >= 0.3 is 0 Å². The van der Waals surface area contributed by atoms with E-state index >= 15 is 0 Å². The molecule has 0 aliphatic rings. The summed E-state index contributed by atoms with van der Waals surface area (Å²) in [4.78, 5) is 10.9. The van der Waals surface area contributed by atoms with Crippen molar-refractivity contribution in [3.8, 4) is 6.07 Å². The SMILES string of the molecule is CCn1cnnc1CNC(=O)CC#N. The van der Waals surface area contributed by atoms with E-state index in [1.807, 2.05) is 11.5 Å². The van der Waals surface area contributed by atoms with Crippen molar-refractivity contribution in [2.45, 2.75) is 26.4 Å². The first-order chi connectivity index (χ1) is 6.77. The average Bonchev–Trinajstić information content (AvgIpc) is 2.62. The molecule has 0 aliphatic heterocycles. The van der Waals surface area contributed by atoms with Crippen molar-refractivity contribution in [3.63, 3.8) is 0 Å². The molecule has 14 heavy (non-hydrogen) atoms. The Labute approximate surface area is 81.6 Å². The molecule has 0 saturated heterocycles. The number of nitrogens with one attached hydrogen (secondary N) is 1. The molecule has 1 amide bonds. The zero-order valence-electron chi connectivity index (χ0n) is 7.90. The molecule has 0 fully saturated rings. The number of nitriles is 1. The first-order valence-corrected chi connectivity index (χ1v) is 4.28. The maximum atomic E-state index is 10.9. The lowest BCUT2D eigenvalue weighted by molar-refractivity contribution is -0.120. The van der Waals surface area contributed by atoms with Crippen LogP contribution in [0, 0.1) is 11.3 Å². The molecule has 0 radical (unpaired) electrons. The van der Waals surface area contributed by atoms with Crippen LogP contribution in [0.4, 0.5) is 0 Å². The largest absolute Gasteiger partial charge is 0.348 e. The minimum Gasteiger partial charge on any atom is -0.348 e.